The first-order chi connectivity index (χ1) is 18.5. The molecule has 1 atom stereocenters. The minimum absolute atomic E-state index is 0.163. The number of aromatic amines is 1. The lowest BCUT2D eigenvalue weighted by Gasteiger charge is -2.23. The van der Waals surface area contributed by atoms with Crippen LogP contribution in [-0.4, -0.2) is 39.2 Å². The molecule has 0 radical (unpaired) electrons. The van der Waals surface area contributed by atoms with Crippen molar-refractivity contribution in [1.29, 1.82) is 0 Å². The average molecular weight is 530 g/mol. The molecule has 0 saturated heterocycles. The molecular formula is C30H31N3O4S. The molecule has 8 heteroatoms. The second kappa shape index (κ2) is 11.9. The molecule has 0 aliphatic rings. The van der Waals surface area contributed by atoms with Gasteiger partial charge in [-0.25, -0.2) is 4.98 Å². The summed E-state index contributed by atoms with van der Waals surface area (Å²) in [5.41, 5.74) is 5.20. The first-order valence-electron chi connectivity index (χ1n) is 12.6. The standard InChI is InChI=1S/C30H31N3O4S/c1-20-10-11-23(13-21(20)2)26-19-38-30-28(26)29(35)31-27(32-30)16-33(15-25-9-6-12-37-25)14-24(34)18-36-17-22-7-4-3-5-8-22/h3-13,19,24,34H,14-18H2,1-2H3,(H,31,32,35)/t24-/m1/s1. The number of nitrogens with zero attached hydrogens (tertiary/aromatic N) is 2. The highest BCUT2D eigenvalue weighted by molar-refractivity contribution is 7.17. The van der Waals surface area contributed by atoms with Gasteiger partial charge in [0, 0.05) is 17.5 Å². The molecule has 0 saturated carbocycles. The first kappa shape index (κ1) is 26.1. The molecule has 0 unspecified atom stereocenters. The van der Waals surface area contributed by atoms with Crippen molar-refractivity contribution in [3.63, 3.8) is 0 Å². The SMILES string of the molecule is Cc1ccc(-c2csc3nc(CN(Cc4ccco4)C[C@@H](O)COCc4ccccc4)[nH]c(=O)c23)cc1C. The molecule has 0 amide bonds. The smallest absolute Gasteiger partial charge is 0.260 e. The number of nitrogens with one attached hydrogen (secondary N) is 1. The van der Waals surface area contributed by atoms with Crippen LogP contribution in [0, 0.1) is 13.8 Å². The fourth-order valence-corrected chi connectivity index (χ4v) is 5.41. The number of aliphatic hydroxyl groups is 1. The summed E-state index contributed by atoms with van der Waals surface area (Å²) < 4.78 is 11.3. The monoisotopic (exact) mass is 529 g/mol. The van der Waals surface area contributed by atoms with Gasteiger partial charge in [0.25, 0.3) is 5.56 Å². The Balaban J connectivity index is 1.32. The van der Waals surface area contributed by atoms with Crippen LogP contribution in [0.5, 0.6) is 0 Å². The molecule has 0 aliphatic carbocycles. The maximum Gasteiger partial charge on any atom is 0.260 e. The van der Waals surface area contributed by atoms with Crippen molar-refractivity contribution in [2.24, 2.45) is 0 Å². The van der Waals surface area contributed by atoms with Gasteiger partial charge in [-0.3, -0.25) is 9.69 Å². The van der Waals surface area contributed by atoms with Gasteiger partial charge < -0.3 is 19.2 Å². The van der Waals surface area contributed by atoms with Crippen LogP contribution in [0.15, 0.2) is 81.5 Å². The van der Waals surface area contributed by atoms with Gasteiger partial charge >= 0.3 is 0 Å². The van der Waals surface area contributed by atoms with Gasteiger partial charge in [0.05, 0.1) is 44.1 Å². The van der Waals surface area contributed by atoms with Gasteiger partial charge in [0.15, 0.2) is 0 Å². The van der Waals surface area contributed by atoms with Crippen molar-refractivity contribution in [3.8, 4) is 11.1 Å². The van der Waals surface area contributed by atoms with Crippen molar-refractivity contribution in [3.05, 3.63) is 111 Å². The minimum Gasteiger partial charge on any atom is -0.468 e. The Bertz CT molecular complexity index is 1540. The molecule has 5 aromatic rings. The van der Waals surface area contributed by atoms with Crippen molar-refractivity contribution >= 4 is 21.6 Å². The summed E-state index contributed by atoms with van der Waals surface area (Å²) in [7, 11) is 0. The van der Waals surface area contributed by atoms with Crippen molar-refractivity contribution < 1.29 is 14.3 Å². The number of H-pyrrole nitrogens is 1. The van der Waals surface area contributed by atoms with Crippen molar-refractivity contribution in [2.75, 3.05) is 13.2 Å². The number of furan rings is 1. The van der Waals surface area contributed by atoms with Gasteiger partial charge in [-0.2, -0.15) is 0 Å². The van der Waals surface area contributed by atoms with Gasteiger partial charge in [-0.15, -0.1) is 11.3 Å². The molecule has 0 spiro atoms. The Labute approximate surface area is 225 Å². The highest BCUT2D eigenvalue weighted by atomic mass is 32.1. The zero-order valence-electron chi connectivity index (χ0n) is 21.5. The zero-order valence-corrected chi connectivity index (χ0v) is 22.3. The lowest BCUT2D eigenvalue weighted by molar-refractivity contribution is 0.00573. The summed E-state index contributed by atoms with van der Waals surface area (Å²) in [5, 5.41) is 13.3. The van der Waals surface area contributed by atoms with E-state index in [1.807, 2.05) is 58.8 Å². The van der Waals surface area contributed by atoms with E-state index in [2.05, 4.69) is 31.0 Å². The fourth-order valence-electron chi connectivity index (χ4n) is 4.45. The van der Waals surface area contributed by atoms with Crippen LogP contribution in [0.2, 0.25) is 0 Å². The number of benzene rings is 2. The normalized spacial score (nSPS) is 12.4. The highest BCUT2D eigenvalue weighted by Gasteiger charge is 2.18. The molecule has 0 fully saturated rings. The topological polar surface area (TPSA) is 91.6 Å². The van der Waals surface area contributed by atoms with Gasteiger partial charge in [-0.1, -0.05) is 48.5 Å². The van der Waals surface area contributed by atoms with E-state index in [0.717, 1.165) is 22.5 Å². The quantitative estimate of drug-likeness (QED) is 0.237. The molecule has 3 heterocycles. The Hall–Kier alpha value is -3.56. The number of rotatable bonds is 11. The second-order valence-corrected chi connectivity index (χ2v) is 10.4. The third-order valence-corrected chi connectivity index (χ3v) is 7.41. The summed E-state index contributed by atoms with van der Waals surface area (Å²) in [4.78, 5) is 23.7. The Morgan fingerprint density at radius 1 is 1.08 bits per heavy atom. The number of aromatic nitrogens is 2. The van der Waals surface area contributed by atoms with E-state index in [4.69, 9.17) is 14.1 Å². The summed E-state index contributed by atoms with van der Waals surface area (Å²) >= 11 is 1.46. The van der Waals surface area contributed by atoms with Crippen LogP contribution in [0.3, 0.4) is 0 Å². The number of aliphatic hydroxyl groups excluding tert-OH is 1. The molecule has 5 rings (SSSR count). The number of thiophene rings is 1. The highest BCUT2D eigenvalue weighted by Crippen LogP contribution is 2.31. The maximum absolute atomic E-state index is 13.2. The van der Waals surface area contributed by atoms with Gasteiger partial charge in [0.2, 0.25) is 0 Å². The van der Waals surface area contributed by atoms with Crippen LogP contribution < -0.4 is 5.56 Å². The van der Waals surface area contributed by atoms with Crippen LogP contribution in [-0.2, 0) is 24.4 Å². The Morgan fingerprint density at radius 3 is 2.68 bits per heavy atom. The molecule has 7 nitrogen and oxygen atoms in total. The molecule has 0 aliphatic heterocycles. The third-order valence-electron chi connectivity index (χ3n) is 6.53. The van der Waals surface area contributed by atoms with E-state index in [9.17, 15) is 9.90 Å². The van der Waals surface area contributed by atoms with E-state index in [-0.39, 0.29) is 12.2 Å². The van der Waals surface area contributed by atoms with Crippen molar-refractivity contribution in [2.45, 2.75) is 39.6 Å². The van der Waals surface area contributed by atoms with Crippen LogP contribution in [0.25, 0.3) is 21.3 Å². The second-order valence-electron chi connectivity index (χ2n) is 9.54. The number of fused-ring (bicyclic) bond motifs is 1. The summed E-state index contributed by atoms with van der Waals surface area (Å²) in [6, 6.07) is 19.8. The molecule has 196 valence electrons. The van der Waals surface area contributed by atoms with Crippen molar-refractivity contribution in [1.82, 2.24) is 14.9 Å². The van der Waals surface area contributed by atoms with Gasteiger partial charge in [0.1, 0.15) is 16.4 Å². The van der Waals surface area contributed by atoms with E-state index in [0.29, 0.717) is 42.3 Å². The predicted molar refractivity (Wildman–Crippen MR) is 150 cm³/mol. The maximum atomic E-state index is 13.2. The van der Waals surface area contributed by atoms with Crippen LogP contribution >= 0.6 is 11.3 Å². The minimum atomic E-state index is -0.720. The average Bonchev–Trinajstić information content (AvgIpc) is 3.57. The van der Waals surface area contributed by atoms with Crippen LogP contribution in [0.4, 0.5) is 0 Å². The first-order valence-corrected chi connectivity index (χ1v) is 13.5. The summed E-state index contributed by atoms with van der Waals surface area (Å²) in [5.74, 6) is 1.30. The number of ether oxygens (including phenoxy) is 1. The number of aryl methyl sites for hydroxylation is 2. The van der Waals surface area contributed by atoms with E-state index in [1.165, 1.54) is 22.5 Å². The summed E-state index contributed by atoms with van der Waals surface area (Å²) in [6.07, 6.45) is 0.904. The van der Waals surface area contributed by atoms with Gasteiger partial charge in [-0.05, 0) is 48.2 Å². The third kappa shape index (κ3) is 6.28. The zero-order chi connectivity index (χ0) is 26.5. The molecular weight excluding hydrogens is 498 g/mol. The predicted octanol–water partition coefficient (Wildman–Crippen LogP) is 5.44. The number of hydrogen-bond acceptors (Lipinski definition) is 7. The molecule has 38 heavy (non-hydrogen) atoms. The lowest BCUT2D eigenvalue weighted by atomic mass is 10.0. The fraction of sp³-hybridized carbons (Fsp3) is 0.267. The lowest BCUT2D eigenvalue weighted by Crippen LogP contribution is -2.35. The van der Waals surface area contributed by atoms with Crippen LogP contribution in [0.1, 0.15) is 28.3 Å². The largest absolute Gasteiger partial charge is 0.468 e. The Morgan fingerprint density at radius 2 is 1.92 bits per heavy atom. The molecule has 2 aromatic carbocycles. The van der Waals surface area contributed by atoms with E-state index in [1.54, 1.807) is 6.26 Å². The molecule has 0 bridgehead atoms. The summed E-state index contributed by atoms with van der Waals surface area (Å²) in [6.45, 7) is 5.91. The van der Waals surface area contributed by atoms with E-state index < -0.39 is 6.10 Å². The van der Waals surface area contributed by atoms with E-state index >= 15 is 0 Å². The Kier molecular flexibility index (Phi) is 8.14. The molecule has 3 aromatic heterocycles. The number of hydrogen-bond donors (Lipinski definition) is 2. The molecule has 2 N–H and O–H groups in total.